The molecule has 0 aliphatic heterocycles. The van der Waals surface area contributed by atoms with Gasteiger partial charge >= 0.3 is 0 Å². The highest BCUT2D eigenvalue weighted by Crippen LogP contribution is 2.33. The van der Waals surface area contributed by atoms with E-state index in [1.165, 1.54) is 18.4 Å². The van der Waals surface area contributed by atoms with Crippen LogP contribution >= 0.6 is 0 Å². The first kappa shape index (κ1) is 15.4. The molecule has 0 amide bonds. The summed E-state index contributed by atoms with van der Waals surface area (Å²) in [6.45, 7) is 4.64. The summed E-state index contributed by atoms with van der Waals surface area (Å²) >= 11 is 0. The zero-order valence-corrected chi connectivity index (χ0v) is 11.5. The van der Waals surface area contributed by atoms with Crippen molar-refractivity contribution >= 4 is 0 Å². The minimum absolute atomic E-state index is 0.0602. The van der Waals surface area contributed by atoms with Crippen LogP contribution in [0, 0.1) is 0 Å². The molecule has 0 aromatic rings. The lowest BCUT2D eigenvalue weighted by Crippen LogP contribution is -2.46. The van der Waals surface area contributed by atoms with Crippen LogP contribution in [0.15, 0.2) is 23.8 Å². The summed E-state index contributed by atoms with van der Waals surface area (Å²) in [7, 11) is 0. The highest BCUT2D eigenvalue weighted by molar-refractivity contribution is 5.19. The lowest BCUT2D eigenvalue weighted by atomic mass is 9.91. The van der Waals surface area contributed by atoms with E-state index in [2.05, 4.69) is 30.5 Å². The molecule has 2 aliphatic carbocycles. The molecular weight excluding hydrogens is 232 g/mol. The van der Waals surface area contributed by atoms with Gasteiger partial charge in [0.15, 0.2) is 0 Å². The van der Waals surface area contributed by atoms with Crippen LogP contribution in [0.5, 0.6) is 0 Å². The van der Waals surface area contributed by atoms with Crippen LogP contribution in [0.2, 0.25) is 0 Å². The third-order valence-electron chi connectivity index (χ3n) is 3.39. The third kappa shape index (κ3) is 5.30. The number of rotatable bonds is 2. The van der Waals surface area contributed by atoms with Crippen LogP contribution < -0.4 is 5.32 Å². The van der Waals surface area contributed by atoms with Gasteiger partial charge in [0.05, 0.1) is 6.04 Å². The maximum Gasteiger partial charge on any atom is 0.263 e. The van der Waals surface area contributed by atoms with E-state index >= 15 is 0 Å². The second-order valence-electron chi connectivity index (χ2n) is 5.04. The van der Waals surface area contributed by atoms with Gasteiger partial charge in [-0.3, -0.25) is 0 Å². The van der Waals surface area contributed by atoms with E-state index in [0.29, 0.717) is 19.4 Å². The van der Waals surface area contributed by atoms with Gasteiger partial charge in [0.1, 0.15) is 0 Å². The zero-order valence-electron chi connectivity index (χ0n) is 11.5. The molecule has 0 spiro atoms. The number of nitrogens with one attached hydrogen (secondary N) is 1. The Morgan fingerprint density at radius 1 is 1.33 bits per heavy atom. The Kier molecular flexibility index (Phi) is 6.55. The molecule has 0 heterocycles. The summed E-state index contributed by atoms with van der Waals surface area (Å²) in [6.07, 6.45) is 11.4. The van der Waals surface area contributed by atoms with Crippen LogP contribution in [0.25, 0.3) is 0 Å². The Morgan fingerprint density at radius 2 is 2.11 bits per heavy atom. The van der Waals surface area contributed by atoms with Gasteiger partial charge in [-0.15, -0.1) is 0 Å². The maximum absolute atomic E-state index is 13.0. The normalized spacial score (nSPS) is 26.0. The fourth-order valence-electron chi connectivity index (χ4n) is 2.34. The van der Waals surface area contributed by atoms with Crippen LogP contribution in [0.4, 0.5) is 8.78 Å². The van der Waals surface area contributed by atoms with Crippen LogP contribution in [-0.2, 0) is 0 Å². The number of halogens is 2. The number of alkyl halides is 2. The summed E-state index contributed by atoms with van der Waals surface area (Å²) < 4.78 is 26.0. The highest BCUT2D eigenvalue weighted by atomic mass is 19.3. The van der Waals surface area contributed by atoms with Crippen molar-refractivity contribution in [2.45, 2.75) is 64.3 Å². The monoisotopic (exact) mass is 257 g/mol. The first-order valence-corrected chi connectivity index (χ1v) is 7.00. The molecule has 2 rings (SSSR count). The van der Waals surface area contributed by atoms with Gasteiger partial charge in [0, 0.05) is 6.42 Å². The molecular formula is C15H25F2N. The largest absolute Gasteiger partial charge is 0.309 e. The van der Waals surface area contributed by atoms with Crippen molar-refractivity contribution in [3.05, 3.63) is 23.8 Å². The molecule has 0 aromatic heterocycles. The van der Waals surface area contributed by atoms with Crippen molar-refractivity contribution in [2.75, 3.05) is 6.54 Å². The fraction of sp³-hybridized carbons (Fsp3) is 0.733. The van der Waals surface area contributed by atoms with E-state index < -0.39 is 12.0 Å². The average Bonchev–Trinajstić information content (AvgIpc) is 2.34. The van der Waals surface area contributed by atoms with Crippen LogP contribution in [-0.4, -0.2) is 18.5 Å². The third-order valence-corrected chi connectivity index (χ3v) is 3.39. The number of allylic oxidation sites excluding steroid dienone is 4. The van der Waals surface area contributed by atoms with E-state index in [0.717, 1.165) is 6.42 Å². The van der Waals surface area contributed by atoms with Gasteiger partial charge in [0.25, 0.3) is 5.92 Å². The van der Waals surface area contributed by atoms with E-state index in [9.17, 15) is 8.78 Å². The van der Waals surface area contributed by atoms with E-state index in [1.54, 1.807) is 0 Å². The molecule has 0 bridgehead atoms. The van der Waals surface area contributed by atoms with Crippen molar-refractivity contribution in [3.8, 4) is 0 Å². The predicted molar refractivity (Wildman–Crippen MR) is 73.0 cm³/mol. The van der Waals surface area contributed by atoms with Crippen molar-refractivity contribution in [1.29, 1.82) is 0 Å². The fourth-order valence-corrected chi connectivity index (χ4v) is 2.34. The standard InChI is InChI=1S/C8H15F2N.C7H10/c1-2-11-7-5-3-4-6-8(7,9)10;1-7-5-3-2-4-6-7/h7,11H,2-6H2,1H3;3,5-6H,2,4H2,1H3. The Balaban J connectivity index is 0.000000199. The van der Waals surface area contributed by atoms with Crippen molar-refractivity contribution in [1.82, 2.24) is 5.32 Å². The minimum Gasteiger partial charge on any atom is -0.309 e. The van der Waals surface area contributed by atoms with Gasteiger partial charge in [-0.1, -0.05) is 37.1 Å². The molecule has 1 unspecified atom stereocenters. The lowest BCUT2D eigenvalue weighted by molar-refractivity contribution is -0.0629. The SMILES string of the molecule is CC1=CCCC=C1.CCNC1CCCCC1(F)F. The number of hydrogen-bond donors (Lipinski definition) is 1. The smallest absolute Gasteiger partial charge is 0.263 e. The predicted octanol–water partition coefficient (Wildman–Crippen LogP) is 4.46. The Labute approximate surface area is 109 Å². The molecule has 3 heteroatoms. The minimum atomic E-state index is -2.46. The second-order valence-corrected chi connectivity index (χ2v) is 5.04. The average molecular weight is 257 g/mol. The Bertz CT molecular complexity index is 293. The second kappa shape index (κ2) is 7.67. The molecule has 1 fully saturated rings. The van der Waals surface area contributed by atoms with Gasteiger partial charge in [-0.2, -0.15) is 0 Å². The molecule has 1 saturated carbocycles. The van der Waals surface area contributed by atoms with Crippen molar-refractivity contribution < 1.29 is 8.78 Å². The summed E-state index contributed by atoms with van der Waals surface area (Å²) in [5, 5.41) is 2.82. The summed E-state index contributed by atoms with van der Waals surface area (Å²) in [6, 6.07) is -0.568. The molecule has 1 nitrogen and oxygen atoms in total. The van der Waals surface area contributed by atoms with Gasteiger partial charge < -0.3 is 5.32 Å². The molecule has 2 aliphatic rings. The van der Waals surface area contributed by atoms with Crippen molar-refractivity contribution in [2.24, 2.45) is 0 Å². The van der Waals surface area contributed by atoms with Crippen LogP contribution in [0.1, 0.15) is 52.4 Å². The molecule has 0 aromatic carbocycles. The maximum atomic E-state index is 13.0. The summed E-state index contributed by atoms with van der Waals surface area (Å²) in [4.78, 5) is 0. The molecule has 0 saturated heterocycles. The first-order chi connectivity index (χ1) is 8.56. The summed E-state index contributed by atoms with van der Waals surface area (Å²) in [5.41, 5.74) is 1.41. The Morgan fingerprint density at radius 3 is 2.56 bits per heavy atom. The van der Waals surface area contributed by atoms with Crippen molar-refractivity contribution in [3.63, 3.8) is 0 Å². The first-order valence-electron chi connectivity index (χ1n) is 7.00. The lowest BCUT2D eigenvalue weighted by Gasteiger charge is -2.31. The van der Waals surface area contributed by atoms with Gasteiger partial charge in [-0.05, 0) is 39.2 Å². The van der Waals surface area contributed by atoms with E-state index in [-0.39, 0.29) is 6.42 Å². The summed E-state index contributed by atoms with van der Waals surface area (Å²) in [5.74, 6) is -2.46. The quantitative estimate of drug-likeness (QED) is 0.770. The topological polar surface area (TPSA) is 12.0 Å². The molecule has 1 N–H and O–H groups in total. The molecule has 104 valence electrons. The number of hydrogen-bond acceptors (Lipinski definition) is 1. The molecule has 18 heavy (non-hydrogen) atoms. The Hall–Kier alpha value is -0.700. The van der Waals surface area contributed by atoms with E-state index in [4.69, 9.17) is 0 Å². The molecule has 0 radical (unpaired) electrons. The van der Waals surface area contributed by atoms with E-state index in [1.807, 2.05) is 6.92 Å². The van der Waals surface area contributed by atoms with Gasteiger partial charge in [0.2, 0.25) is 0 Å². The highest BCUT2D eigenvalue weighted by Gasteiger charge is 2.40. The molecule has 1 atom stereocenters. The van der Waals surface area contributed by atoms with Gasteiger partial charge in [-0.25, -0.2) is 8.78 Å². The van der Waals surface area contributed by atoms with Crippen LogP contribution in [0.3, 0.4) is 0 Å². The zero-order chi connectivity index (χ0) is 13.4.